The van der Waals surface area contributed by atoms with Crippen LogP contribution in [0.25, 0.3) is 0 Å². The molecule has 0 N–H and O–H groups in total. The maximum Gasteiger partial charge on any atom is 0.299 e. The normalized spacial score (nSPS) is 13.8. The SMILES string of the molecule is O=C1C(=O)N(Cc2cccc(Br)c2)c2c(Cl)cccc21. The first-order chi connectivity index (χ1) is 9.58. The summed E-state index contributed by atoms with van der Waals surface area (Å²) in [5.41, 5.74) is 1.80. The van der Waals surface area contributed by atoms with E-state index in [-0.39, 0.29) is 0 Å². The second kappa shape index (κ2) is 5.04. The predicted octanol–water partition coefficient (Wildman–Crippen LogP) is 3.83. The topological polar surface area (TPSA) is 37.4 Å². The fourth-order valence-electron chi connectivity index (χ4n) is 2.28. The van der Waals surface area contributed by atoms with Crippen molar-refractivity contribution >= 4 is 44.9 Å². The summed E-state index contributed by atoms with van der Waals surface area (Å²) < 4.78 is 0.923. The second-order valence-corrected chi connectivity index (χ2v) is 5.81. The van der Waals surface area contributed by atoms with Crippen LogP contribution in [0, 0.1) is 0 Å². The quantitative estimate of drug-likeness (QED) is 0.772. The molecule has 100 valence electrons. The van der Waals surface area contributed by atoms with Crippen LogP contribution in [-0.2, 0) is 11.3 Å². The fraction of sp³-hybridized carbons (Fsp3) is 0.0667. The Bertz CT molecular complexity index is 730. The van der Waals surface area contributed by atoms with Gasteiger partial charge >= 0.3 is 0 Å². The summed E-state index contributed by atoms with van der Waals surface area (Å²) in [7, 11) is 0. The fourth-order valence-corrected chi connectivity index (χ4v) is 3.00. The van der Waals surface area contributed by atoms with Crippen LogP contribution >= 0.6 is 27.5 Å². The van der Waals surface area contributed by atoms with Gasteiger partial charge in [-0.3, -0.25) is 14.5 Å². The molecular formula is C15H9BrClNO2. The molecule has 0 aliphatic carbocycles. The summed E-state index contributed by atoms with van der Waals surface area (Å²) in [5.74, 6) is -1.04. The van der Waals surface area contributed by atoms with Crippen LogP contribution in [0.2, 0.25) is 5.02 Å². The van der Waals surface area contributed by atoms with E-state index >= 15 is 0 Å². The van der Waals surface area contributed by atoms with Crippen LogP contribution < -0.4 is 4.90 Å². The van der Waals surface area contributed by atoms with Gasteiger partial charge < -0.3 is 0 Å². The number of rotatable bonds is 2. The van der Waals surface area contributed by atoms with Gasteiger partial charge in [-0.1, -0.05) is 45.7 Å². The Morgan fingerprint density at radius 3 is 2.60 bits per heavy atom. The van der Waals surface area contributed by atoms with Crippen molar-refractivity contribution in [1.82, 2.24) is 0 Å². The number of Topliss-reactive ketones (excluding diaryl/α,β-unsaturated/α-hetero) is 1. The van der Waals surface area contributed by atoms with Crippen LogP contribution in [0.5, 0.6) is 0 Å². The predicted molar refractivity (Wildman–Crippen MR) is 81.1 cm³/mol. The van der Waals surface area contributed by atoms with Gasteiger partial charge in [0.1, 0.15) is 0 Å². The van der Waals surface area contributed by atoms with Gasteiger partial charge in [-0.15, -0.1) is 0 Å². The third-order valence-electron chi connectivity index (χ3n) is 3.17. The van der Waals surface area contributed by atoms with E-state index < -0.39 is 11.7 Å². The van der Waals surface area contributed by atoms with Gasteiger partial charge in [0.2, 0.25) is 0 Å². The number of hydrogen-bond donors (Lipinski definition) is 0. The first-order valence-electron chi connectivity index (χ1n) is 5.97. The molecule has 1 heterocycles. The van der Waals surface area contributed by atoms with Gasteiger partial charge in [-0.25, -0.2) is 0 Å². The molecule has 0 saturated heterocycles. The van der Waals surface area contributed by atoms with Crippen molar-refractivity contribution in [3.63, 3.8) is 0 Å². The number of nitrogens with zero attached hydrogens (tertiary/aromatic N) is 1. The number of hydrogen-bond acceptors (Lipinski definition) is 2. The number of para-hydroxylation sites is 1. The first-order valence-corrected chi connectivity index (χ1v) is 7.14. The van der Waals surface area contributed by atoms with Gasteiger partial charge in [0.05, 0.1) is 22.8 Å². The van der Waals surface area contributed by atoms with Crippen LogP contribution in [0.4, 0.5) is 5.69 Å². The number of amides is 1. The largest absolute Gasteiger partial charge is 0.299 e. The molecule has 0 atom stereocenters. The van der Waals surface area contributed by atoms with Gasteiger partial charge in [-0.2, -0.15) is 0 Å². The standard InChI is InChI=1S/C15H9BrClNO2/c16-10-4-1-3-9(7-10)8-18-13-11(14(19)15(18)20)5-2-6-12(13)17/h1-7H,8H2. The third kappa shape index (κ3) is 2.15. The van der Waals surface area contributed by atoms with Gasteiger partial charge in [-0.05, 0) is 29.8 Å². The smallest absolute Gasteiger partial charge is 0.299 e. The molecule has 3 nitrogen and oxygen atoms in total. The molecule has 1 aliphatic heterocycles. The first kappa shape index (κ1) is 13.3. The molecule has 0 fully saturated rings. The lowest BCUT2D eigenvalue weighted by Gasteiger charge is -2.17. The molecule has 3 rings (SSSR count). The van der Waals surface area contributed by atoms with Gasteiger partial charge in [0.15, 0.2) is 0 Å². The van der Waals surface area contributed by atoms with Crippen molar-refractivity contribution in [2.75, 3.05) is 4.90 Å². The molecule has 20 heavy (non-hydrogen) atoms. The molecule has 0 unspecified atom stereocenters. The molecule has 2 aromatic rings. The molecule has 0 radical (unpaired) electrons. The van der Waals surface area contributed by atoms with E-state index in [1.54, 1.807) is 18.2 Å². The summed E-state index contributed by atoms with van der Waals surface area (Å²) >= 11 is 9.53. The monoisotopic (exact) mass is 349 g/mol. The zero-order valence-electron chi connectivity index (χ0n) is 10.3. The van der Waals surface area contributed by atoms with E-state index in [1.165, 1.54) is 4.90 Å². The Morgan fingerprint density at radius 1 is 1.10 bits per heavy atom. The molecule has 0 spiro atoms. The van der Waals surface area contributed by atoms with Crippen LogP contribution in [-0.4, -0.2) is 11.7 Å². The van der Waals surface area contributed by atoms with Crippen LogP contribution in [0.15, 0.2) is 46.9 Å². The lowest BCUT2D eigenvalue weighted by Crippen LogP contribution is -2.29. The van der Waals surface area contributed by atoms with Gasteiger partial charge in [0, 0.05) is 4.47 Å². The number of fused-ring (bicyclic) bond motifs is 1. The number of carbonyl (C=O) groups excluding carboxylic acids is 2. The van der Waals surface area contributed by atoms with Crippen LogP contribution in [0.1, 0.15) is 15.9 Å². The number of halogens is 2. The zero-order valence-corrected chi connectivity index (χ0v) is 12.6. The minimum Gasteiger partial charge on any atom is -0.299 e. The molecule has 0 saturated carbocycles. The Labute approximate surface area is 129 Å². The lowest BCUT2D eigenvalue weighted by molar-refractivity contribution is -0.114. The Morgan fingerprint density at radius 2 is 1.85 bits per heavy atom. The Hall–Kier alpha value is -1.65. The zero-order chi connectivity index (χ0) is 14.3. The highest BCUT2D eigenvalue weighted by Gasteiger charge is 2.37. The Balaban J connectivity index is 2.03. The third-order valence-corrected chi connectivity index (χ3v) is 3.97. The number of anilines is 1. The van der Waals surface area contributed by atoms with E-state index in [9.17, 15) is 9.59 Å². The summed E-state index contributed by atoms with van der Waals surface area (Å²) in [6, 6.07) is 12.6. The number of ketones is 1. The highest BCUT2D eigenvalue weighted by Crippen LogP contribution is 2.36. The minimum atomic E-state index is -0.534. The van der Waals surface area contributed by atoms with E-state index in [2.05, 4.69) is 15.9 Å². The lowest BCUT2D eigenvalue weighted by atomic mass is 10.1. The maximum absolute atomic E-state index is 12.1. The molecule has 0 bridgehead atoms. The number of benzene rings is 2. The summed E-state index contributed by atoms with van der Waals surface area (Å²) in [5, 5.41) is 0.414. The molecule has 5 heteroatoms. The van der Waals surface area contributed by atoms with E-state index in [4.69, 9.17) is 11.6 Å². The van der Waals surface area contributed by atoms with Crippen molar-refractivity contribution in [3.05, 3.63) is 63.1 Å². The molecular weight excluding hydrogens is 342 g/mol. The summed E-state index contributed by atoms with van der Waals surface area (Å²) in [4.78, 5) is 25.5. The van der Waals surface area contributed by atoms with E-state index in [0.717, 1.165) is 10.0 Å². The van der Waals surface area contributed by atoms with Crippen molar-refractivity contribution in [2.45, 2.75) is 6.54 Å². The molecule has 1 aliphatic rings. The van der Waals surface area contributed by atoms with Crippen molar-refractivity contribution in [1.29, 1.82) is 0 Å². The van der Waals surface area contributed by atoms with Crippen molar-refractivity contribution < 1.29 is 9.59 Å². The average Bonchev–Trinajstić information content (AvgIpc) is 2.66. The molecule has 1 amide bonds. The van der Waals surface area contributed by atoms with E-state index in [1.807, 2.05) is 24.3 Å². The second-order valence-electron chi connectivity index (χ2n) is 4.49. The van der Waals surface area contributed by atoms with Crippen molar-refractivity contribution in [3.8, 4) is 0 Å². The maximum atomic E-state index is 12.1. The van der Waals surface area contributed by atoms with Crippen LogP contribution in [0.3, 0.4) is 0 Å². The van der Waals surface area contributed by atoms with E-state index in [0.29, 0.717) is 22.8 Å². The Kier molecular flexibility index (Phi) is 3.36. The highest BCUT2D eigenvalue weighted by molar-refractivity contribution is 9.10. The molecule has 2 aromatic carbocycles. The van der Waals surface area contributed by atoms with Gasteiger partial charge in [0.25, 0.3) is 11.7 Å². The summed E-state index contributed by atoms with van der Waals surface area (Å²) in [6.07, 6.45) is 0. The van der Waals surface area contributed by atoms with Crippen molar-refractivity contribution in [2.24, 2.45) is 0 Å². The highest BCUT2D eigenvalue weighted by atomic mass is 79.9. The number of carbonyl (C=O) groups is 2. The summed E-state index contributed by atoms with van der Waals surface area (Å²) in [6.45, 7) is 0.320. The molecule has 0 aromatic heterocycles. The average molecular weight is 351 g/mol. The minimum absolute atomic E-state index is 0.320.